The fourth-order valence-corrected chi connectivity index (χ4v) is 2.43. The first-order chi connectivity index (χ1) is 9.04. The van der Waals surface area contributed by atoms with Crippen LogP contribution in [-0.2, 0) is 4.79 Å². The molecule has 1 atom stereocenters. The number of halogens is 1. The van der Waals surface area contributed by atoms with Gasteiger partial charge in [-0.15, -0.1) is 0 Å². The lowest BCUT2D eigenvalue weighted by molar-refractivity contribution is -0.141. The second kappa shape index (κ2) is 5.48. The highest BCUT2D eigenvalue weighted by atomic mass is 35.5. The van der Waals surface area contributed by atoms with E-state index in [9.17, 15) is 9.59 Å². The Morgan fingerprint density at radius 2 is 2.21 bits per heavy atom. The van der Waals surface area contributed by atoms with Crippen LogP contribution in [0.3, 0.4) is 0 Å². The van der Waals surface area contributed by atoms with Gasteiger partial charge in [0.2, 0.25) is 0 Å². The number of rotatable bonds is 3. The molecule has 0 aromatic heterocycles. The topological polar surface area (TPSA) is 66.8 Å². The van der Waals surface area contributed by atoms with Crippen molar-refractivity contribution in [2.45, 2.75) is 18.9 Å². The number of carbonyl (C=O) groups is 2. The van der Waals surface area contributed by atoms with Crippen LogP contribution in [0.15, 0.2) is 18.2 Å². The average Bonchev–Trinajstić information content (AvgIpc) is 2.87. The van der Waals surface area contributed by atoms with Gasteiger partial charge in [-0.05, 0) is 31.0 Å². The zero-order valence-corrected chi connectivity index (χ0v) is 11.2. The quantitative estimate of drug-likeness (QED) is 0.922. The van der Waals surface area contributed by atoms with Crippen LogP contribution in [0.25, 0.3) is 0 Å². The summed E-state index contributed by atoms with van der Waals surface area (Å²) in [6.45, 7) is 0.446. The lowest BCUT2D eigenvalue weighted by Gasteiger charge is -2.22. The number of benzene rings is 1. The Bertz CT molecular complexity index is 517. The molecule has 5 nitrogen and oxygen atoms in total. The number of amides is 1. The van der Waals surface area contributed by atoms with E-state index in [2.05, 4.69) is 0 Å². The molecule has 1 saturated heterocycles. The van der Waals surface area contributed by atoms with Crippen LogP contribution < -0.4 is 4.74 Å². The molecular formula is C13H14ClNO4. The van der Waals surface area contributed by atoms with Crippen LogP contribution in [0.2, 0.25) is 5.02 Å². The van der Waals surface area contributed by atoms with Crippen LogP contribution in [0.4, 0.5) is 0 Å². The Balaban J connectivity index is 2.31. The van der Waals surface area contributed by atoms with E-state index in [-0.39, 0.29) is 5.91 Å². The lowest BCUT2D eigenvalue weighted by atomic mass is 10.1. The second-order valence-corrected chi connectivity index (χ2v) is 4.78. The molecule has 1 fully saturated rings. The van der Waals surface area contributed by atoms with Gasteiger partial charge in [-0.2, -0.15) is 0 Å². The molecule has 1 N–H and O–H groups in total. The summed E-state index contributed by atoms with van der Waals surface area (Å²) >= 11 is 5.84. The predicted octanol–water partition coefficient (Wildman–Crippen LogP) is 2.04. The number of hydrogen-bond acceptors (Lipinski definition) is 3. The molecule has 1 aromatic rings. The number of carboxylic acids is 1. The van der Waals surface area contributed by atoms with Crippen LogP contribution in [0.5, 0.6) is 5.75 Å². The third-order valence-corrected chi connectivity index (χ3v) is 3.43. The van der Waals surface area contributed by atoms with Crippen molar-refractivity contribution < 1.29 is 19.4 Å². The number of carboxylic acid groups (broad SMARTS) is 1. The van der Waals surface area contributed by atoms with Crippen molar-refractivity contribution in [3.05, 3.63) is 28.8 Å². The number of carbonyl (C=O) groups excluding carboxylic acids is 1. The van der Waals surface area contributed by atoms with Crippen molar-refractivity contribution in [1.82, 2.24) is 4.90 Å². The van der Waals surface area contributed by atoms with Gasteiger partial charge in [0.05, 0.1) is 12.7 Å². The largest absolute Gasteiger partial charge is 0.496 e. The Hall–Kier alpha value is -1.75. The van der Waals surface area contributed by atoms with Gasteiger partial charge in [0.1, 0.15) is 11.8 Å². The maximum Gasteiger partial charge on any atom is 0.326 e. The molecule has 1 amide bonds. The number of methoxy groups -OCH3 is 1. The van der Waals surface area contributed by atoms with E-state index in [0.717, 1.165) is 0 Å². The van der Waals surface area contributed by atoms with Gasteiger partial charge >= 0.3 is 5.97 Å². The SMILES string of the molecule is COc1cc(Cl)ccc1C(=O)N1CCC[C@@H]1C(=O)O. The summed E-state index contributed by atoms with van der Waals surface area (Å²) in [5.41, 5.74) is 0.333. The van der Waals surface area contributed by atoms with Gasteiger partial charge in [-0.1, -0.05) is 11.6 Å². The minimum atomic E-state index is -0.973. The normalized spacial score (nSPS) is 18.4. The van der Waals surface area contributed by atoms with Crippen LogP contribution >= 0.6 is 11.6 Å². The third-order valence-electron chi connectivity index (χ3n) is 3.19. The smallest absolute Gasteiger partial charge is 0.326 e. The van der Waals surface area contributed by atoms with Crippen molar-refractivity contribution >= 4 is 23.5 Å². The van der Waals surface area contributed by atoms with Crippen molar-refractivity contribution in [3.8, 4) is 5.75 Å². The minimum Gasteiger partial charge on any atom is -0.496 e. The highest BCUT2D eigenvalue weighted by Gasteiger charge is 2.35. The van der Waals surface area contributed by atoms with Crippen molar-refractivity contribution in [2.75, 3.05) is 13.7 Å². The molecule has 0 bridgehead atoms. The second-order valence-electron chi connectivity index (χ2n) is 4.34. The fraction of sp³-hybridized carbons (Fsp3) is 0.385. The summed E-state index contributed by atoms with van der Waals surface area (Å²) < 4.78 is 5.12. The molecule has 1 heterocycles. The fourth-order valence-electron chi connectivity index (χ4n) is 2.26. The molecule has 6 heteroatoms. The van der Waals surface area contributed by atoms with Gasteiger partial charge in [-0.25, -0.2) is 4.79 Å². The molecule has 0 aliphatic carbocycles. The van der Waals surface area contributed by atoms with E-state index in [1.54, 1.807) is 18.2 Å². The van der Waals surface area contributed by atoms with Crippen LogP contribution in [0, 0.1) is 0 Å². The molecule has 2 rings (SSSR count). The molecule has 1 aliphatic rings. The number of likely N-dealkylation sites (tertiary alicyclic amines) is 1. The number of ether oxygens (including phenoxy) is 1. The van der Waals surface area contributed by atoms with E-state index in [0.29, 0.717) is 35.7 Å². The highest BCUT2D eigenvalue weighted by Crippen LogP contribution is 2.27. The summed E-state index contributed by atoms with van der Waals surface area (Å²) in [6, 6.07) is 3.93. The first-order valence-electron chi connectivity index (χ1n) is 5.92. The Morgan fingerprint density at radius 1 is 1.47 bits per heavy atom. The molecular weight excluding hydrogens is 270 g/mol. The lowest BCUT2D eigenvalue weighted by Crippen LogP contribution is -2.40. The van der Waals surface area contributed by atoms with Crippen molar-refractivity contribution in [2.24, 2.45) is 0 Å². The monoisotopic (exact) mass is 283 g/mol. The zero-order valence-electron chi connectivity index (χ0n) is 10.4. The summed E-state index contributed by atoms with van der Waals surface area (Å²) in [6.07, 6.45) is 1.18. The van der Waals surface area contributed by atoms with Gasteiger partial charge in [0, 0.05) is 11.6 Å². The van der Waals surface area contributed by atoms with E-state index < -0.39 is 12.0 Å². The molecule has 1 aliphatic heterocycles. The summed E-state index contributed by atoms with van der Waals surface area (Å²) in [5, 5.41) is 9.57. The van der Waals surface area contributed by atoms with Gasteiger partial charge in [0.15, 0.2) is 0 Å². The molecule has 102 valence electrons. The van der Waals surface area contributed by atoms with E-state index in [1.807, 2.05) is 0 Å². The maximum atomic E-state index is 12.4. The maximum absolute atomic E-state index is 12.4. The number of nitrogens with zero attached hydrogens (tertiary/aromatic N) is 1. The van der Waals surface area contributed by atoms with E-state index >= 15 is 0 Å². The van der Waals surface area contributed by atoms with Gasteiger partial charge in [-0.3, -0.25) is 4.79 Å². The highest BCUT2D eigenvalue weighted by molar-refractivity contribution is 6.30. The summed E-state index contributed by atoms with van der Waals surface area (Å²) in [4.78, 5) is 24.9. The van der Waals surface area contributed by atoms with Crippen molar-refractivity contribution in [1.29, 1.82) is 0 Å². The van der Waals surface area contributed by atoms with Crippen LogP contribution in [0.1, 0.15) is 23.2 Å². The standard InChI is InChI=1S/C13H14ClNO4/c1-19-11-7-8(14)4-5-9(11)12(16)15-6-2-3-10(15)13(17)18/h4-5,7,10H,2-3,6H2,1H3,(H,17,18)/t10-/m1/s1. The molecule has 1 aromatic carbocycles. The summed E-state index contributed by atoms with van der Waals surface area (Å²) in [5.74, 6) is -0.953. The first kappa shape index (κ1) is 13.7. The minimum absolute atomic E-state index is 0.333. The molecule has 0 unspecified atom stereocenters. The van der Waals surface area contributed by atoms with Gasteiger partial charge in [0.25, 0.3) is 5.91 Å². The predicted molar refractivity (Wildman–Crippen MR) is 69.7 cm³/mol. The number of hydrogen-bond donors (Lipinski definition) is 1. The summed E-state index contributed by atoms with van der Waals surface area (Å²) in [7, 11) is 1.45. The Kier molecular flexibility index (Phi) is 3.95. The van der Waals surface area contributed by atoms with Crippen molar-refractivity contribution in [3.63, 3.8) is 0 Å². The molecule has 0 spiro atoms. The molecule has 19 heavy (non-hydrogen) atoms. The van der Waals surface area contributed by atoms with E-state index in [1.165, 1.54) is 12.0 Å². The average molecular weight is 284 g/mol. The first-order valence-corrected chi connectivity index (χ1v) is 6.29. The zero-order chi connectivity index (χ0) is 14.0. The molecule has 0 radical (unpaired) electrons. The Labute approximate surface area is 115 Å². The van der Waals surface area contributed by atoms with Crippen LogP contribution in [-0.4, -0.2) is 41.6 Å². The number of aliphatic carboxylic acids is 1. The van der Waals surface area contributed by atoms with Gasteiger partial charge < -0.3 is 14.7 Å². The van der Waals surface area contributed by atoms with E-state index in [4.69, 9.17) is 21.4 Å². The third kappa shape index (κ3) is 2.66. The molecule has 0 saturated carbocycles. The Morgan fingerprint density at radius 3 is 2.84 bits per heavy atom.